The lowest BCUT2D eigenvalue weighted by Crippen LogP contribution is -2.26. The number of nitrogens with one attached hydrogen (secondary N) is 1. The Balaban J connectivity index is 1.55. The molecular formula is C19H22N4OS. The molecule has 3 heterocycles. The van der Waals surface area contributed by atoms with Gasteiger partial charge in [-0.25, -0.2) is 9.97 Å². The van der Waals surface area contributed by atoms with Gasteiger partial charge in [0.05, 0.1) is 16.7 Å². The van der Waals surface area contributed by atoms with Gasteiger partial charge in [-0.15, -0.1) is 11.3 Å². The van der Waals surface area contributed by atoms with Gasteiger partial charge in [0.15, 0.2) is 5.69 Å². The Morgan fingerprint density at radius 1 is 1.28 bits per heavy atom. The molecule has 1 saturated carbocycles. The highest BCUT2D eigenvalue weighted by atomic mass is 32.1. The zero-order chi connectivity index (χ0) is 17.1. The second kappa shape index (κ2) is 7.35. The first-order valence-electron chi connectivity index (χ1n) is 8.95. The molecule has 130 valence electrons. The standard InChI is InChI=1S/C19H22N4OS/c24-19(20-10-9-15-12-25-13-21-15)17-16-8-4-5-11-23(16)18(22-17)14-6-2-1-3-7-14/h4-5,8,11-14H,1-3,6-7,9-10H2,(H,20,24). The number of pyridine rings is 1. The molecule has 0 aliphatic heterocycles. The molecule has 6 heteroatoms. The number of nitrogens with zero attached hydrogens (tertiary/aromatic N) is 3. The Kier molecular flexibility index (Phi) is 4.78. The number of fused-ring (bicyclic) bond motifs is 1. The summed E-state index contributed by atoms with van der Waals surface area (Å²) in [6, 6.07) is 5.95. The average molecular weight is 354 g/mol. The number of imidazole rings is 1. The van der Waals surface area contributed by atoms with Gasteiger partial charge in [-0.05, 0) is 25.0 Å². The van der Waals surface area contributed by atoms with E-state index in [4.69, 9.17) is 4.98 Å². The molecular weight excluding hydrogens is 332 g/mol. The van der Waals surface area contributed by atoms with E-state index < -0.39 is 0 Å². The Morgan fingerprint density at radius 2 is 2.16 bits per heavy atom. The predicted octanol–water partition coefficient (Wildman–Crippen LogP) is 3.81. The molecule has 5 nitrogen and oxygen atoms in total. The quantitative estimate of drug-likeness (QED) is 0.758. The van der Waals surface area contributed by atoms with Crippen LogP contribution in [-0.2, 0) is 6.42 Å². The maximum atomic E-state index is 12.7. The number of hydrogen-bond donors (Lipinski definition) is 1. The fourth-order valence-corrected chi connectivity index (χ4v) is 4.22. The van der Waals surface area contributed by atoms with Gasteiger partial charge in [0.2, 0.25) is 0 Å². The summed E-state index contributed by atoms with van der Waals surface area (Å²) in [5.74, 6) is 1.40. The van der Waals surface area contributed by atoms with Crippen molar-refractivity contribution in [3.8, 4) is 0 Å². The van der Waals surface area contributed by atoms with Crippen LogP contribution in [0.1, 0.15) is 60.0 Å². The highest BCUT2D eigenvalue weighted by Crippen LogP contribution is 2.33. The Morgan fingerprint density at radius 3 is 2.96 bits per heavy atom. The molecule has 4 rings (SSSR count). The van der Waals surface area contributed by atoms with Crippen LogP contribution in [0.3, 0.4) is 0 Å². The molecule has 0 spiro atoms. The van der Waals surface area contributed by atoms with Crippen LogP contribution >= 0.6 is 11.3 Å². The molecule has 1 fully saturated rings. The van der Waals surface area contributed by atoms with Gasteiger partial charge in [0, 0.05) is 30.5 Å². The molecule has 0 radical (unpaired) electrons. The van der Waals surface area contributed by atoms with Crippen LogP contribution in [0.25, 0.3) is 5.52 Å². The Bertz CT molecular complexity index is 850. The van der Waals surface area contributed by atoms with Gasteiger partial charge < -0.3 is 9.72 Å². The molecule has 0 saturated heterocycles. The van der Waals surface area contributed by atoms with E-state index in [1.165, 1.54) is 32.1 Å². The summed E-state index contributed by atoms with van der Waals surface area (Å²) in [5, 5.41) is 5.01. The predicted molar refractivity (Wildman–Crippen MR) is 99.2 cm³/mol. The molecule has 1 aliphatic rings. The third kappa shape index (κ3) is 3.44. The summed E-state index contributed by atoms with van der Waals surface area (Å²) in [7, 11) is 0. The van der Waals surface area contributed by atoms with Crippen LogP contribution < -0.4 is 5.32 Å². The fourth-order valence-electron chi connectivity index (χ4n) is 3.63. The van der Waals surface area contributed by atoms with Gasteiger partial charge in [-0.1, -0.05) is 25.3 Å². The van der Waals surface area contributed by atoms with Crippen molar-refractivity contribution >= 4 is 22.8 Å². The van der Waals surface area contributed by atoms with Crippen molar-refractivity contribution in [1.82, 2.24) is 19.7 Å². The van der Waals surface area contributed by atoms with E-state index >= 15 is 0 Å². The van der Waals surface area contributed by atoms with Gasteiger partial charge in [-0.2, -0.15) is 0 Å². The van der Waals surface area contributed by atoms with Gasteiger partial charge in [0.25, 0.3) is 5.91 Å². The van der Waals surface area contributed by atoms with Gasteiger partial charge in [-0.3, -0.25) is 4.79 Å². The smallest absolute Gasteiger partial charge is 0.272 e. The zero-order valence-electron chi connectivity index (χ0n) is 14.1. The van der Waals surface area contributed by atoms with Crippen LogP contribution in [0, 0.1) is 0 Å². The number of carbonyl (C=O) groups is 1. The van der Waals surface area contributed by atoms with Gasteiger partial charge in [0.1, 0.15) is 5.82 Å². The lowest BCUT2D eigenvalue weighted by atomic mass is 9.89. The van der Waals surface area contributed by atoms with Crippen molar-refractivity contribution in [2.24, 2.45) is 0 Å². The molecule has 1 aliphatic carbocycles. The van der Waals surface area contributed by atoms with Crippen molar-refractivity contribution < 1.29 is 4.79 Å². The minimum Gasteiger partial charge on any atom is -0.350 e. The summed E-state index contributed by atoms with van der Waals surface area (Å²) in [6.07, 6.45) is 8.92. The molecule has 3 aromatic heterocycles. The lowest BCUT2D eigenvalue weighted by Gasteiger charge is -2.20. The average Bonchev–Trinajstić information content (AvgIpc) is 3.30. The molecule has 3 aromatic rings. The van der Waals surface area contributed by atoms with Crippen LogP contribution in [0.5, 0.6) is 0 Å². The largest absolute Gasteiger partial charge is 0.350 e. The summed E-state index contributed by atoms with van der Waals surface area (Å²) in [6.45, 7) is 0.577. The van der Waals surface area contributed by atoms with E-state index in [1.54, 1.807) is 11.3 Å². The second-order valence-electron chi connectivity index (χ2n) is 6.60. The minimum atomic E-state index is -0.0963. The van der Waals surface area contributed by atoms with Crippen molar-refractivity contribution in [3.05, 3.63) is 52.5 Å². The molecule has 25 heavy (non-hydrogen) atoms. The van der Waals surface area contributed by atoms with E-state index in [0.29, 0.717) is 18.2 Å². The zero-order valence-corrected chi connectivity index (χ0v) is 15.0. The highest BCUT2D eigenvalue weighted by molar-refractivity contribution is 7.07. The van der Waals surface area contributed by atoms with Crippen molar-refractivity contribution in [2.75, 3.05) is 6.54 Å². The SMILES string of the molecule is O=C(NCCc1cscn1)c1nc(C2CCCCC2)n2ccccc12. The normalized spacial score (nSPS) is 15.5. The number of aromatic nitrogens is 3. The minimum absolute atomic E-state index is 0.0963. The second-order valence-corrected chi connectivity index (χ2v) is 7.31. The highest BCUT2D eigenvalue weighted by Gasteiger charge is 2.24. The fraction of sp³-hybridized carbons (Fsp3) is 0.421. The third-order valence-corrected chi connectivity index (χ3v) is 5.55. The summed E-state index contributed by atoms with van der Waals surface area (Å²) >= 11 is 1.58. The van der Waals surface area contributed by atoms with Crippen LogP contribution in [0.15, 0.2) is 35.3 Å². The number of amides is 1. The van der Waals surface area contributed by atoms with Crippen molar-refractivity contribution in [2.45, 2.75) is 44.4 Å². The first-order chi connectivity index (χ1) is 12.3. The maximum absolute atomic E-state index is 12.7. The van der Waals surface area contributed by atoms with Crippen LogP contribution in [-0.4, -0.2) is 26.8 Å². The lowest BCUT2D eigenvalue weighted by molar-refractivity contribution is 0.0951. The topological polar surface area (TPSA) is 59.3 Å². The van der Waals surface area contributed by atoms with E-state index in [9.17, 15) is 4.79 Å². The molecule has 1 N–H and O–H groups in total. The molecule has 0 atom stereocenters. The molecule has 1 amide bonds. The Labute approximate surface area is 151 Å². The first-order valence-corrected chi connectivity index (χ1v) is 9.89. The molecule has 0 unspecified atom stereocenters. The van der Waals surface area contributed by atoms with E-state index in [1.807, 2.05) is 35.3 Å². The summed E-state index contributed by atoms with van der Waals surface area (Å²) in [4.78, 5) is 21.7. The summed E-state index contributed by atoms with van der Waals surface area (Å²) in [5.41, 5.74) is 4.27. The number of rotatable bonds is 5. The Hall–Kier alpha value is -2.21. The number of thiazole rings is 1. The monoisotopic (exact) mass is 354 g/mol. The maximum Gasteiger partial charge on any atom is 0.272 e. The van der Waals surface area contributed by atoms with Crippen LogP contribution in [0.2, 0.25) is 0 Å². The molecule has 0 aromatic carbocycles. The van der Waals surface area contributed by atoms with E-state index in [0.717, 1.165) is 23.5 Å². The first kappa shape index (κ1) is 16.3. The van der Waals surface area contributed by atoms with E-state index in [-0.39, 0.29) is 5.91 Å². The third-order valence-electron chi connectivity index (χ3n) is 4.91. The molecule has 0 bridgehead atoms. The van der Waals surface area contributed by atoms with Gasteiger partial charge >= 0.3 is 0 Å². The number of carbonyl (C=O) groups excluding carboxylic acids is 1. The van der Waals surface area contributed by atoms with E-state index in [2.05, 4.69) is 14.7 Å². The van der Waals surface area contributed by atoms with Crippen molar-refractivity contribution in [1.29, 1.82) is 0 Å². The van der Waals surface area contributed by atoms with Crippen molar-refractivity contribution in [3.63, 3.8) is 0 Å². The van der Waals surface area contributed by atoms with Crippen LogP contribution in [0.4, 0.5) is 0 Å². The number of hydrogen-bond acceptors (Lipinski definition) is 4. The summed E-state index contributed by atoms with van der Waals surface area (Å²) < 4.78 is 2.10.